The Labute approximate surface area is 80.9 Å². The highest BCUT2D eigenvalue weighted by Crippen LogP contribution is 2.18. The average Bonchev–Trinajstić information content (AvgIpc) is 2.62. The van der Waals surface area contributed by atoms with Gasteiger partial charge >= 0.3 is 5.97 Å². The van der Waals surface area contributed by atoms with E-state index >= 15 is 0 Å². The van der Waals surface area contributed by atoms with Crippen molar-refractivity contribution in [2.24, 2.45) is 0 Å². The van der Waals surface area contributed by atoms with E-state index in [9.17, 15) is 4.79 Å². The number of carbonyl (C=O) groups is 1. The smallest absolute Gasteiger partial charge is 0.340 e. The number of nitrogens with zero attached hydrogens (tertiary/aromatic N) is 1. The third-order valence-corrected chi connectivity index (χ3v) is 2.10. The van der Waals surface area contributed by atoms with E-state index in [2.05, 4.69) is 14.9 Å². The predicted octanol–water partition coefficient (Wildman–Crippen LogP) is 1.66. The summed E-state index contributed by atoms with van der Waals surface area (Å²) in [7, 11) is 1.37. The van der Waals surface area contributed by atoms with E-state index in [0.717, 1.165) is 16.5 Å². The number of aromatic nitrogens is 2. The van der Waals surface area contributed by atoms with Gasteiger partial charge in [-0.2, -0.15) is 5.10 Å². The molecule has 0 saturated heterocycles. The molecule has 1 N–H and O–H groups in total. The molecule has 1 heterocycles. The first kappa shape index (κ1) is 8.74. The summed E-state index contributed by atoms with van der Waals surface area (Å²) in [5.41, 5.74) is 2.27. The summed E-state index contributed by atoms with van der Waals surface area (Å²) in [6.45, 7) is 1.93. The lowest BCUT2D eigenvalue weighted by atomic mass is 10.1. The molecular weight excluding hydrogens is 180 g/mol. The zero-order valence-corrected chi connectivity index (χ0v) is 8.00. The van der Waals surface area contributed by atoms with Gasteiger partial charge in [0.1, 0.15) is 0 Å². The molecule has 1 aromatic carbocycles. The molecule has 0 unspecified atom stereocenters. The maximum absolute atomic E-state index is 11.4. The molecule has 4 heteroatoms. The number of ether oxygens (including phenoxy) is 1. The van der Waals surface area contributed by atoms with Crippen molar-refractivity contribution >= 4 is 16.9 Å². The van der Waals surface area contributed by atoms with Gasteiger partial charge in [0.2, 0.25) is 0 Å². The van der Waals surface area contributed by atoms with E-state index in [4.69, 9.17) is 0 Å². The second-order valence-electron chi connectivity index (χ2n) is 3.14. The third kappa shape index (κ3) is 1.25. The van der Waals surface area contributed by atoms with Crippen LogP contribution in [-0.2, 0) is 4.74 Å². The topological polar surface area (TPSA) is 55.0 Å². The van der Waals surface area contributed by atoms with Crippen LogP contribution in [0.2, 0.25) is 0 Å². The van der Waals surface area contributed by atoms with E-state index < -0.39 is 0 Å². The third-order valence-electron chi connectivity index (χ3n) is 2.10. The number of carbonyl (C=O) groups excluding carboxylic acids is 1. The number of fused-ring (bicyclic) bond motifs is 1. The van der Waals surface area contributed by atoms with E-state index in [1.165, 1.54) is 7.11 Å². The molecule has 0 amide bonds. The van der Waals surface area contributed by atoms with Gasteiger partial charge in [0.05, 0.1) is 24.4 Å². The minimum Gasteiger partial charge on any atom is -0.465 e. The molecule has 14 heavy (non-hydrogen) atoms. The molecule has 2 aromatic rings. The van der Waals surface area contributed by atoms with Gasteiger partial charge in [0, 0.05) is 5.39 Å². The highest BCUT2D eigenvalue weighted by molar-refractivity contribution is 6.02. The number of nitrogens with one attached hydrogen (secondary N) is 1. The highest BCUT2D eigenvalue weighted by atomic mass is 16.5. The van der Waals surface area contributed by atoms with Crippen LogP contribution < -0.4 is 0 Å². The van der Waals surface area contributed by atoms with Crippen LogP contribution in [0.3, 0.4) is 0 Å². The first-order valence-corrected chi connectivity index (χ1v) is 4.24. The van der Waals surface area contributed by atoms with Gasteiger partial charge in [0.15, 0.2) is 0 Å². The normalized spacial score (nSPS) is 10.4. The maximum atomic E-state index is 11.4. The molecule has 72 valence electrons. The lowest BCUT2D eigenvalue weighted by Gasteiger charge is -2.01. The van der Waals surface area contributed by atoms with Gasteiger partial charge in [0.25, 0.3) is 0 Å². The van der Waals surface area contributed by atoms with Crippen molar-refractivity contribution in [3.05, 3.63) is 29.5 Å². The maximum Gasteiger partial charge on any atom is 0.340 e. The molecule has 0 atom stereocenters. The summed E-state index contributed by atoms with van der Waals surface area (Å²) < 4.78 is 4.68. The van der Waals surface area contributed by atoms with Crippen LogP contribution >= 0.6 is 0 Å². The standard InChI is InChI=1S/C10H10N2O2/c1-6-3-7-5-11-12-9(7)8(4-6)10(13)14-2/h3-5H,1-2H3,(H,11,12). The number of hydrogen-bond donors (Lipinski definition) is 1. The van der Waals surface area contributed by atoms with Crippen molar-refractivity contribution in [3.63, 3.8) is 0 Å². The van der Waals surface area contributed by atoms with Crippen LogP contribution in [0.4, 0.5) is 0 Å². The Balaban J connectivity index is 2.72. The van der Waals surface area contributed by atoms with E-state index in [1.807, 2.05) is 13.0 Å². The van der Waals surface area contributed by atoms with Gasteiger partial charge in [-0.05, 0) is 24.6 Å². The second kappa shape index (κ2) is 3.14. The minimum atomic E-state index is -0.344. The number of esters is 1. The molecule has 2 rings (SSSR count). The Hall–Kier alpha value is -1.84. The number of benzene rings is 1. The number of methoxy groups -OCH3 is 1. The quantitative estimate of drug-likeness (QED) is 0.696. The number of H-pyrrole nitrogens is 1. The molecular formula is C10H10N2O2. The second-order valence-corrected chi connectivity index (χ2v) is 3.14. The Morgan fingerprint density at radius 1 is 1.50 bits per heavy atom. The fourth-order valence-corrected chi connectivity index (χ4v) is 1.48. The molecule has 0 saturated carbocycles. The van der Waals surface area contributed by atoms with Crippen LogP contribution in [-0.4, -0.2) is 23.3 Å². The van der Waals surface area contributed by atoms with E-state index in [0.29, 0.717) is 5.56 Å². The number of aryl methyl sites for hydroxylation is 1. The Kier molecular flexibility index (Phi) is 1.96. The minimum absolute atomic E-state index is 0.344. The van der Waals surface area contributed by atoms with Crippen molar-refractivity contribution in [2.75, 3.05) is 7.11 Å². The van der Waals surface area contributed by atoms with Crippen LogP contribution in [0.25, 0.3) is 10.9 Å². The molecule has 0 aliphatic rings. The van der Waals surface area contributed by atoms with Gasteiger partial charge in [-0.1, -0.05) is 0 Å². The first-order valence-electron chi connectivity index (χ1n) is 4.24. The van der Waals surface area contributed by atoms with E-state index in [1.54, 1.807) is 12.3 Å². The van der Waals surface area contributed by atoms with Crippen LogP contribution in [0, 0.1) is 6.92 Å². The predicted molar refractivity (Wildman–Crippen MR) is 52.2 cm³/mol. The Bertz CT molecular complexity index is 488. The number of aromatic amines is 1. The Morgan fingerprint density at radius 2 is 2.29 bits per heavy atom. The highest BCUT2D eigenvalue weighted by Gasteiger charge is 2.12. The van der Waals surface area contributed by atoms with Gasteiger partial charge < -0.3 is 4.74 Å². The summed E-state index contributed by atoms with van der Waals surface area (Å²) in [4.78, 5) is 11.4. The van der Waals surface area contributed by atoms with Crippen molar-refractivity contribution in [1.29, 1.82) is 0 Å². The molecule has 1 aromatic heterocycles. The Morgan fingerprint density at radius 3 is 3.00 bits per heavy atom. The molecule has 0 aliphatic carbocycles. The van der Waals surface area contributed by atoms with Crippen molar-refractivity contribution < 1.29 is 9.53 Å². The zero-order chi connectivity index (χ0) is 10.1. The molecule has 0 spiro atoms. The molecule has 4 nitrogen and oxygen atoms in total. The number of rotatable bonds is 1. The van der Waals surface area contributed by atoms with Gasteiger partial charge in [-0.15, -0.1) is 0 Å². The van der Waals surface area contributed by atoms with Crippen molar-refractivity contribution in [1.82, 2.24) is 10.2 Å². The number of hydrogen-bond acceptors (Lipinski definition) is 3. The monoisotopic (exact) mass is 190 g/mol. The van der Waals surface area contributed by atoms with Gasteiger partial charge in [-0.3, -0.25) is 5.10 Å². The molecule has 0 fully saturated rings. The largest absolute Gasteiger partial charge is 0.465 e. The summed E-state index contributed by atoms with van der Waals surface area (Å²) in [6.07, 6.45) is 1.69. The summed E-state index contributed by atoms with van der Waals surface area (Å²) in [5.74, 6) is -0.344. The molecule has 0 radical (unpaired) electrons. The molecule has 0 aliphatic heterocycles. The molecule has 0 bridgehead atoms. The first-order chi connectivity index (χ1) is 6.72. The van der Waals surface area contributed by atoms with Crippen LogP contribution in [0.1, 0.15) is 15.9 Å². The van der Waals surface area contributed by atoms with Crippen molar-refractivity contribution in [3.8, 4) is 0 Å². The summed E-state index contributed by atoms with van der Waals surface area (Å²) in [5, 5.41) is 7.59. The van der Waals surface area contributed by atoms with Crippen LogP contribution in [0.5, 0.6) is 0 Å². The lowest BCUT2D eigenvalue weighted by molar-refractivity contribution is 0.0602. The summed E-state index contributed by atoms with van der Waals surface area (Å²) >= 11 is 0. The zero-order valence-electron chi connectivity index (χ0n) is 8.00. The lowest BCUT2D eigenvalue weighted by Crippen LogP contribution is -2.02. The van der Waals surface area contributed by atoms with Gasteiger partial charge in [-0.25, -0.2) is 4.79 Å². The van der Waals surface area contributed by atoms with E-state index in [-0.39, 0.29) is 5.97 Å². The van der Waals surface area contributed by atoms with Crippen LogP contribution in [0.15, 0.2) is 18.3 Å². The fraction of sp³-hybridized carbons (Fsp3) is 0.200. The SMILES string of the molecule is COC(=O)c1cc(C)cc2cn[nH]c12. The average molecular weight is 190 g/mol. The fourth-order valence-electron chi connectivity index (χ4n) is 1.48. The van der Waals surface area contributed by atoms with Crippen molar-refractivity contribution in [2.45, 2.75) is 6.92 Å². The summed E-state index contributed by atoms with van der Waals surface area (Å²) in [6, 6.07) is 3.75.